The average molecular weight is 317 g/mol. The number of nitrogens with one attached hydrogen (secondary N) is 1. The number of rotatable bonds is 2. The third-order valence-electron chi connectivity index (χ3n) is 3.21. The molecule has 0 saturated carbocycles. The first-order chi connectivity index (χ1) is 8.43. The van der Waals surface area contributed by atoms with Gasteiger partial charge in [-0.3, -0.25) is 4.79 Å². The van der Waals surface area contributed by atoms with Gasteiger partial charge in [-0.05, 0) is 41.1 Å². The first kappa shape index (κ1) is 13.5. The van der Waals surface area contributed by atoms with Gasteiger partial charge in [0.25, 0.3) is 0 Å². The minimum atomic E-state index is -0.774. The number of amides is 1. The Morgan fingerprint density at radius 3 is 2.94 bits per heavy atom. The van der Waals surface area contributed by atoms with Crippen LogP contribution in [-0.4, -0.2) is 25.2 Å². The number of hydrogen-bond donors (Lipinski definition) is 2. The molecule has 2 rings (SSSR count). The van der Waals surface area contributed by atoms with Crippen molar-refractivity contribution in [1.82, 2.24) is 0 Å². The van der Waals surface area contributed by atoms with E-state index in [9.17, 15) is 9.18 Å². The fourth-order valence-corrected chi connectivity index (χ4v) is 2.02. The topological polar surface area (TPSA) is 64.3 Å². The maximum absolute atomic E-state index is 13.3. The van der Waals surface area contributed by atoms with Crippen molar-refractivity contribution in [3.8, 4) is 0 Å². The van der Waals surface area contributed by atoms with Gasteiger partial charge in [0.05, 0.1) is 23.1 Å². The van der Waals surface area contributed by atoms with Crippen molar-refractivity contribution in [3.05, 3.63) is 28.5 Å². The summed E-state index contributed by atoms with van der Waals surface area (Å²) in [6.45, 7) is 2.38. The molecule has 1 aromatic rings. The fraction of sp³-hybridized carbons (Fsp3) is 0.417. The van der Waals surface area contributed by atoms with Gasteiger partial charge in [-0.2, -0.15) is 0 Å². The SMILES string of the molecule is CC1(C(=O)Nc2ccc(Br)c(F)c2)COCC1N. The van der Waals surface area contributed by atoms with Gasteiger partial charge in [0.1, 0.15) is 5.82 Å². The predicted molar refractivity (Wildman–Crippen MR) is 69.6 cm³/mol. The summed E-state index contributed by atoms with van der Waals surface area (Å²) < 4.78 is 18.9. The molecule has 1 amide bonds. The monoisotopic (exact) mass is 316 g/mol. The first-order valence-corrected chi connectivity index (χ1v) is 6.32. The lowest BCUT2D eigenvalue weighted by molar-refractivity contribution is -0.125. The summed E-state index contributed by atoms with van der Waals surface area (Å²) in [5.74, 6) is -0.681. The Hall–Kier alpha value is -0.980. The van der Waals surface area contributed by atoms with Crippen LogP contribution < -0.4 is 11.1 Å². The number of hydrogen-bond acceptors (Lipinski definition) is 3. The van der Waals surface area contributed by atoms with Crippen molar-refractivity contribution in [1.29, 1.82) is 0 Å². The van der Waals surface area contributed by atoms with E-state index in [2.05, 4.69) is 21.2 Å². The van der Waals surface area contributed by atoms with Crippen LogP contribution in [0.1, 0.15) is 6.92 Å². The van der Waals surface area contributed by atoms with E-state index < -0.39 is 11.2 Å². The molecule has 2 unspecified atom stereocenters. The van der Waals surface area contributed by atoms with Gasteiger partial charge in [0.2, 0.25) is 5.91 Å². The van der Waals surface area contributed by atoms with Crippen LogP contribution in [0, 0.1) is 11.2 Å². The van der Waals surface area contributed by atoms with E-state index in [0.29, 0.717) is 16.8 Å². The molecule has 0 aromatic heterocycles. The quantitative estimate of drug-likeness (QED) is 0.875. The van der Waals surface area contributed by atoms with Gasteiger partial charge >= 0.3 is 0 Å². The van der Waals surface area contributed by atoms with E-state index in [-0.39, 0.29) is 18.6 Å². The highest BCUT2D eigenvalue weighted by Gasteiger charge is 2.44. The van der Waals surface area contributed by atoms with Crippen molar-refractivity contribution in [2.24, 2.45) is 11.1 Å². The molecule has 0 bridgehead atoms. The molecule has 1 saturated heterocycles. The number of anilines is 1. The van der Waals surface area contributed by atoms with Crippen LogP contribution in [0.5, 0.6) is 0 Å². The molecule has 1 aliphatic rings. The van der Waals surface area contributed by atoms with Gasteiger partial charge in [-0.15, -0.1) is 0 Å². The highest BCUT2D eigenvalue weighted by atomic mass is 79.9. The average Bonchev–Trinajstić information content (AvgIpc) is 2.66. The minimum Gasteiger partial charge on any atom is -0.379 e. The number of benzene rings is 1. The van der Waals surface area contributed by atoms with Crippen LogP contribution in [0.4, 0.5) is 10.1 Å². The molecular formula is C12H14BrFN2O2. The van der Waals surface area contributed by atoms with Crippen molar-refractivity contribution in [2.45, 2.75) is 13.0 Å². The van der Waals surface area contributed by atoms with Gasteiger partial charge < -0.3 is 15.8 Å². The molecular weight excluding hydrogens is 303 g/mol. The van der Waals surface area contributed by atoms with E-state index in [1.165, 1.54) is 6.07 Å². The van der Waals surface area contributed by atoms with Gasteiger partial charge in [0.15, 0.2) is 0 Å². The van der Waals surface area contributed by atoms with E-state index in [1.54, 1.807) is 19.1 Å². The zero-order valence-corrected chi connectivity index (χ0v) is 11.5. The molecule has 1 aliphatic heterocycles. The maximum Gasteiger partial charge on any atom is 0.234 e. The molecule has 0 aliphatic carbocycles. The van der Waals surface area contributed by atoms with E-state index in [0.717, 1.165) is 0 Å². The fourth-order valence-electron chi connectivity index (χ4n) is 1.77. The van der Waals surface area contributed by atoms with Crippen LogP contribution in [0.3, 0.4) is 0 Å². The Morgan fingerprint density at radius 2 is 2.39 bits per heavy atom. The van der Waals surface area contributed by atoms with Crippen LogP contribution >= 0.6 is 15.9 Å². The lowest BCUT2D eigenvalue weighted by Gasteiger charge is -2.25. The van der Waals surface area contributed by atoms with Gasteiger partial charge in [-0.1, -0.05) is 0 Å². The molecule has 1 heterocycles. The van der Waals surface area contributed by atoms with Crippen molar-refractivity contribution >= 4 is 27.5 Å². The van der Waals surface area contributed by atoms with E-state index >= 15 is 0 Å². The second-order valence-corrected chi connectivity index (χ2v) is 5.48. The molecule has 18 heavy (non-hydrogen) atoms. The van der Waals surface area contributed by atoms with E-state index in [1.807, 2.05) is 0 Å². The lowest BCUT2D eigenvalue weighted by atomic mass is 9.85. The van der Waals surface area contributed by atoms with Gasteiger partial charge in [0, 0.05) is 11.7 Å². The second kappa shape index (κ2) is 4.95. The summed E-state index contributed by atoms with van der Waals surface area (Å²) in [4.78, 5) is 12.1. The second-order valence-electron chi connectivity index (χ2n) is 4.62. The summed E-state index contributed by atoms with van der Waals surface area (Å²) in [5.41, 5.74) is 5.48. The zero-order valence-electron chi connectivity index (χ0n) is 9.87. The normalized spacial score (nSPS) is 27.2. The Balaban J connectivity index is 2.14. The first-order valence-electron chi connectivity index (χ1n) is 5.53. The summed E-state index contributed by atoms with van der Waals surface area (Å²) in [7, 11) is 0. The van der Waals surface area contributed by atoms with Crippen LogP contribution in [0.25, 0.3) is 0 Å². The van der Waals surface area contributed by atoms with Crippen molar-refractivity contribution < 1.29 is 13.9 Å². The number of carbonyl (C=O) groups is 1. The van der Waals surface area contributed by atoms with Crippen molar-refractivity contribution in [2.75, 3.05) is 18.5 Å². The Kier molecular flexibility index (Phi) is 3.70. The standard InChI is InChI=1S/C12H14BrFN2O2/c1-12(6-18-5-10(12)15)11(17)16-7-2-3-8(13)9(14)4-7/h2-4,10H,5-6,15H2,1H3,(H,16,17). The van der Waals surface area contributed by atoms with Crippen LogP contribution in [0.2, 0.25) is 0 Å². The largest absolute Gasteiger partial charge is 0.379 e. The number of carbonyl (C=O) groups excluding carboxylic acids is 1. The Morgan fingerprint density at radius 1 is 1.67 bits per heavy atom. The van der Waals surface area contributed by atoms with Gasteiger partial charge in [-0.25, -0.2) is 4.39 Å². The zero-order chi connectivity index (χ0) is 13.3. The maximum atomic E-state index is 13.3. The summed E-state index contributed by atoms with van der Waals surface area (Å²) >= 11 is 3.05. The molecule has 0 spiro atoms. The summed E-state index contributed by atoms with van der Waals surface area (Å²) in [6.07, 6.45) is 0. The molecule has 6 heteroatoms. The highest BCUT2D eigenvalue weighted by molar-refractivity contribution is 9.10. The smallest absolute Gasteiger partial charge is 0.234 e. The molecule has 1 aromatic carbocycles. The molecule has 0 radical (unpaired) electrons. The summed E-state index contributed by atoms with van der Waals surface area (Å²) in [6, 6.07) is 4.07. The Bertz CT molecular complexity index is 483. The van der Waals surface area contributed by atoms with Crippen LogP contribution in [-0.2, 0) is 9.53 Å². The molecule has 2 atom stereocenters. The molecule has 3 N–H and O–H groups in total. The predicted octanol–water partition coefficient (Wildman–Crippen LogP) is 1.89. The Labute approximate surface area is 113 Å². The number of nitrogens with two attached hydrogens (primary N) is 1. The third kappa shape index (κ3) is 2.41. The highest BCUT2D eigenvalue weighted by Crippen LogP contribution is 2.29. The molecule has 98 valence electrons. The number of halogens is 2. The molecule has 4 nitrogen and oxygen atoms in total. The minimum absolute atomic E-state index is 0.255. The van der Waals surface area contributed by atoms with Crippen molar-refractivity contribution in [3.63, 3.8) is 0 Å². The van der Waals surface area contributed by atoms with E-state index in [4.69, 9.17) is 10.5 Å². The lowest BCUT2D eigenvalue weighted by Crippen LogP contribution is -2.47. The number of ether oxygens (including phenoxy) is 1. The molecule has 1 fully saturated rings. The summed E-state index contributed by atoms with van der Waals surface area (Å²) in [5, 5.41) is 2.66. The van der Waals surface area contributed by atoms with Crippen LogP contribution in [0.15, 0.2) is 22.7 Å². The third-order valence-corrected chi connectivity index (χ3v) is 3.86.